The van der Waals surface area contributed by atoms with E-state index in [-0.39, 0.29) is 5.91 Å². The maximum atomic E-state index is 12.1. The van der Waals surface area contributed by atoms with Crippen LogP contribution in [0.15, 0.2) is 60.7 Å². The van der Waals surface area contributed by atoms with Crippen molar-refractivity contribution in [3.8, 4) is 22.9 Å². The van der Waals surface area contributed by atoms with Gasteiger partial charge in [0.15, 0.2) is 0 Å². The normalized spacial score (nSPS) is 14.8. The number of hydrogen-bond donors (Lipinski definition) is 1. The summed E-state index contributed by atoms with van der Waals surface area (Å²) in [4.78, 5) is 30.4. The molecular weight excluding hydrogens is 392 g/mol. The van der Waals surface area contributed by atoms with Crippen LogP contribution in [0.2, 0.25) is 0 Å². The third kappa shape index (κ3) is 3.54. The first-order valence-corrected chi connectivity index (χ1v) is 10.0. The Kier molecular flexibility index (Phi) is 5.01. The largest absolute Gasteiger partial charge is 0.481 e. The molecule has 0 saturated heterocycles. The van der Waals surface area contributed by atoms with Crippen molar-refractivity contribution in [3.05, 3.63) is 77.4 Å². The number of aliphatic carboxylic acids is 1. The van der Waals surface area contributed by atoms with Crippen molar-refractivity contribution >= 4 is 11.9 Å². The van der Waals surface area contributed by atoms with Gasteiger partial charge in [-0.2, -0.15) is 0 Å². The van der Waals surface area contributed by atoms with Gasteiger partial charge in [0.05, 0.1) is 11.1 Å². The number of fused-ring (bicyclic) bond motifs is 2. The molecule has 1 atom stereocenters. The molecular formula is C25H24N2O4. The van der Waals surface area contributed by atoms with Gasteiger partial charge in [-0.15, -0.1) is 0 Å². The van der Waals surface area contributed by atoms with Gasteiger partial charge in [-0.1, -0.05) is 36.4 Å². The van der Waals surface area contributed by atoms with Gasteiger partial charge >= 0.3 is 5.97 Å². The van der Waals surface area contributed by atoms with Crippen LogP contribution in [0.4, 0.5) is 0 Å². The fraction of sp³-hybridized carbons (Fsp3) is 0.240. The van der Waals surface area contributed by atoms with Crippen LogP contribution in [0, 0.1) is 5.41 Å². The van der Waals surface area contributed by atoms with Crippen LogP contribution in [-0.4, -0.2) is 41.0 Å². The Morgan fingerprint density at radius 1 is 0.968 bits per heavy atom. The van der Waals surface area contributed by atoms with Crippen LogP contribution in [0.1, 0.15) is 41.3 Å². The quantitative estimate of drug-likeness (QED) is 0.661. The number of aromatic nitrogens is 1. The van der Waals surface area contributed by atoms with Crippen molar-refractivity contribution in [2.45, 2.75) is 19.8 Å². The third-order valence-corrected chi connectivity index (χ3v) is 5.74. The molecule has 1 unspecified atom stereocenters. The van der Waals surface area contributed by atoms with E-state index < -0.39 is 17.3 Å². The molecule has 1 amide bonds. The molecule has 158 valence electrons. The van der Waals surface area contributed by atoms with Gasteiger partial charge in [0.2, 0.25) is 5.88 Å². The summed E-state index contributed by atoms with van der Waals surface area (Å²) in [7, 11) is 3.43. The van der Waals surface area contributed by atoms with Crippen molar-refractivity contribution in [3.63, 3.8) is 0 Å². The Labute approximate surface area is 181 Å². The predicted octanol–water partition coefficient (Wildman–Crippen LogP) is 4.80. The first kappa shape index (κ1) is 20.6. The van der Waals surface area contributed by atoms with E-state index in [1.165, 1.54) is 4.90 Å². The van der Waals surface area contributed by atoms with Gasteiger partial charge in [-0.3, -0.25) is 9.59 Å². The molecule has 1 aliphatic rings. The Balaban J connectivity index is 1.77. The fourth-order valence-corrected chi connectivity index (χ4v) is 3.94. The van der Waals surface area contributed by atoms with E-state index in [0.29, 0.717) is 22.9 Å². The topological polar surface area (TPSA) is 79.7 Å². The Morgan fingerprint density at radius 2 is 1.65 bits per heavy atom. The average Bonchev–Trinajstić information content (AvgIpc) is 2.76. The first-order chi connectivity index (χ1) is 14.7. The minimum Gasteiger partial charge on any atom is -0.481 e. The lowest BCUT2D eigenvalue weighted by atomic mass is 9.70. The van der Waals surface area contributed by atoms with Crippen LogP contribution in [0.5, 0.6) is 11.6 Å². The van der Waals surface area contributed by atoms with Crippen LogP contribution in [-0.2, 0) is 4.79 Å². The number of para-hydroxylation sites is 1. The molecule has 0 bridgehead atoms. The lowest BCUT2D eigenvalue weighted by molar-refractivity contribution is -0.147. The van der Waals surface area contributed by atoms with Crippen LogP contribution in [0.3, 0.4) is 0 Å². The van der Waals surface area contributed by atoms with E-state index in [1.54, 1.807) is 40.1 Å². The van der Waals surface area contributed by atoms with Gasteiger partial charge in [-0.25, -0.2) is 4.98 Å². The molecule has 1 aliphatic heterocycles. The van der Waals surface area contributed by atoms with Crippen molar-refractivity contribution in [2.24, 2.45) is 5.41 Å². The zero-order valence-electron chi connectivity index (χ0n) is 17.9. The minimum absolute atomic E-state index is 0.0661. The number of ether oxygens (including phenoxy) is 1. The first-order valence-electron chi connectivity index (χ1n) is 10.0. The SMILES string of the molecule is CN(C)C(=O)c1ccc(-c2ccc3c(n2)Oc2ccccc2C3C(C)(C)C(=O)O)cc1. The summed E-state index contributed by atoms with van der Waals surface area (Å²) in [5.74, 6) is -0.324. The highest BCUT2D eigenvalue weighted by Gasteiger charge is 2.44. The van der Waals surface area contributed by atoms with Gasteiger partial charge < -0.3 is 14.7 Å². The minimum atomic E-state index is -1.05. The highest BCUT2D eigenvalue weighted by molar-refractivity contribution is 5.94. The maximum absolute atomic E-state index is 12.1. The summed E-state index contributed by atoms with van der Waals surface area (Å²) in [6.07, 6.45) is 0. The molecule has 0 fully saturated rings. The second-order valence-corrected chi connectivity index (χ2v) is 8.47. The van der Waals surface area contributed by atoms with E-state index >= 15 is 0 Å². The maximum Gasteiger partial charge on any atom is 0.310 e. The van der Waals surface area contributed by atoms with Gasteiger partial charge in [-0.05, 0) is 38.1 Å². The van der Waals surface area contributed by atoms with Crippen LogP contribution < -0.4 is 4.74 Å². The zero-order valence-corrected chi connectivity index (χ0v) is 17.9. The van der Waals surface area contributed by atoms with Crippen molar-refractivity contribution in [2.75, 3.05) is 14.1 Å². The summed E-state index contributed by atoms with van der Waals surface area (Å²) in [5.41, 5.74) is 2.66. The van der Waals surface area contributed by atoms with E-state index in [4.69, 9.17) is 9.72 Å². The summed E-state index contributed by atoms with van der Waals surface area (Å²) in [6, 6.07) is 18.5. The van der Waals surface area contributed by atoms with Gasteiger partial charge in [0, 0.05) is 42.3 Å². The second kappa shape index (κ2) is 7.54. The van der Waals surface area contributed by atoms with Crippen LogP contribution in [0.25, 0.3) is 11.3 Å². The van der Waals surface area contributed by atoms with Crippen LogP contribution >= 0.6 is 0 Å². The fourth-order valence-electron chi connectivity index (χ4n) is 3.94. The molecule has 6 heteroatoms. The molecule has 0 aliphatic carbocycles. The molecule has 2 heterocycles. The molecule has 4 rings (SSSR count). The smallest absolute Gasteiger partial charge is 0.310 e. The molecule has 0 radical (unpaired) electrons. The summed E-state index contributed by atoms with van der Waals surface area (Å²) in [5, 5.41) is 9.89. The third-order valence-electron chi connectivity index (χ3n) is 5.74. The zero-order chi connectivity index (χ0) is 22.3. The van der Waals surface area contributed by atoms with E-state index in [0.717, 1.165) is 16.7 Å². The lowest BCUT2D eigenvalue weighted by Gasteiger charge is -2.36. The lowest BCUT2D eigenvalue weighted by Crippen LogP contribution is -2.33. The monoisotopic (exact) mass is 416 g/mol. The molecule has 31 heavy (non-hydrogen) atoms. The molecule has 0 spiro atoms. The molecule has 6 nitrogen and oxygen atoms in total. The number of amides is 1. The van der Waals surface area contributed by atoms with E-state index in [9.17, 15) is 14.7 Å². The number of benzene rings is 2. The number of carboxylic acids is 1. The van der Waals surface area contributed by atoms with Crippen molar-refractivity contribution in [1.82, 2.24) is 9.88 Å². The number of carbonyl (C=O) groups is 2. The number of hydrogen-bond acceptors (Lipinski definition) is 4. The highest BCUT2D eigenvalue weighted by Crippen LogP contribution is 2.51. The molecule has 1 N–H and O–H groups in total. The van der Waals surface area contributed by atoms with Gasteiger partial charge in [0.1, 0.15) is 5.75 Å². The highest BCUT2D eigenvalue weighted by atomic mass is 16.5. The molecule has 0 saturated carbocycles. The Bertz CT molecular complexity index is 1170. The van der Waals surface area contributed by atoms with Gasteiger partial charge in [0.25, 0.3) is 5.91 Å². The Morgan fingerprint density at radius 3 is 2.29 bits per heavy atom. The number of carboxylic acid groups (broad SMARTS) is 1. The number of nitrogens with zero attached hydrogens (tertiary/aromatic N) is 2. The molecule has 2 aromatic carbocycles. The standard InChI is InChI=1S/C25H24N2O4/c1-25(2,24(29)30)21-17-7-5-6-8-20(17)31-22-18(21)13-14-19(26-22)15-9-11-16(12-10-15)23(28)27(3)4/h5-14,21H,1-4H3,(H,29,30). The molecule has 1 aromatic heterocycles. The van der Waals surface area contributed by atoms with E-state index in [2.05, 4.69) is 0 Å². The predicted molar refractivity (Wildman–Crippen MR) is 117 cm³/mol. The summed E-state index contributed by atoms with van der Waals surface area (Å²) in [6.45, 7) is 3.44. The van der Waals surface area contributed by atoms with Crippen molar-refractivity contribution < 1.29 is 19.4 Å². The van der Waals surface area contributed by atoms with Crippen molar-refractivity contribution in [1.29, 1.82) is 0 Å². The van der Waals surface area contributed by atoms with E-state index in [1.807, 2.05) is 48.5 Å². The summed E-state index contributed by atoms with van der Waals surface area (Å²) >= 11 is 0. The second-order valence-electron chi connectivity index (χ2n) is 8.47. The number of carbonyl (C=O) groups excluding carboxylic acids is 1. The summed E-state index contributed by atoms with van der Waals surface area (Å²) < 4.78 is 6.07. The molecule has 3 aromatic rings. The average molecular weight is 416 g/mol. The Hall–Kier alpha value is -3.67. The number of pyridine rings is 1. The number of rotatable bonds is 4.